The molecule has 25 heavy (non-hydrogen) atoms. The maximum Gasteiger partial charge on any atom is 0.416 e. The van der Waals surface area contributed by atoms with E-state index in [1.165, 1.54) is 30.5 Å². The van der Waals surface area contributed by atoms with E-state index in [4.69, 9.17) is 0 Å². The molecule has 7 heteroatoms. The van der Waals surface area contributed by atoms with Crippen molar-refractivity contribution >= 4 is 10.8 Å². The SMILES string of the molecule is CC(C)(C)[S@](=O)C[C@@H](c1ccc(C(F)(F)F)cc1)c1ncccc1F. The lowest BCUT2D eigenvalue weighted by atomic mass is 9.95. The number of hydrogen-bond donors (Lipinski definition) is 0. The third-order valence-corrected chi connectivity index (χ3v) is 5.76. The first kappa shape index (κ1) is 19.6. The Balaban J connectivity index is 2.45. The Labute approximate surface area is 146 Å². The van der Waals surface area contributed by atoms with Gasteiger partial charge in [0.25, 0.3) is 0 Å². The van der Waals surface area contributed by atoms with Crippen molar-refractivity contribution in [2.75, 3.05) is 5.75 Å². The average Bonchev–Trinajstić information content (AvgIpc) is 2.51. The van der Waals surface area contributed by atoms with Crippen molar-refractivity contribution < 1.29 is 21.8 Å². The van der Waals surface area contributed by atoms with Gasteiger partial charge in [-0.05, 0) is 50.6 Å². The first-order valence-electron chi connectivity index (χ1n) is 7.66. The van der Waals surface area contributed by atoms with E-state index in [1.807, 2.05) is 0 Å². The summed E-state index contributed by atoms with van der Waals surface area (Å²) in [4.78, 5) is 4.03. The molecule has 0 aliphatic rings. The number of nitrogens with zero attached hydrogens (tertiary/aromatic N) is 1. The van der Waals surface area contributed by atoms with Crippen LogP contribution < -0.4 is 0 Å². The number of pyridine rings is 1. The van der Waals surface area contributed by atoms with Crippen LogP contribution in [-0.2, 0) is 17.0 Å². The fourth-order valence-corrected chi connectivity index (χ4v) is 3.45. The third-order valence-electron chi connectivity index (χ3n) is 3.76. The lowest BCUT2D eigenvalue weighted by Crippen LogP contribution is -2.27. The van der Waals surface area contributed by atoms with Crippen molar-refractivity contribution in [1.82, 2.24) is 4.98 Å². The molecule has 0 unspecified atom stereocenters. The summed E-state index contributed by atoms with van der Waals surface area (Å²) in [6, 6.07) is 7.15. The fraction of sp³-hybridized carbons (Fsp3) is 0.389. The predicted octanol–water partition coefficient (Wildman–Crippen LogP) is 4.92. The van der Waals surface area contributed by atoms with Crippen LogP contribution in [0.2, 0.25) is 0 Å². The van der Waals surface area contributed by atoms with Crippen LogP contribution in [0, 0.1) is 5.82 Å². The van der Waals surface area contributed by atoms with E-state index < -0.39 is 39.0 Å². The molecule has 0 radical (unpaired) electrons. The Kier molecular flexibility index (Phi) is 5.66. The maximum atomic E-state index is 14.2. The summed E-state index contributed by atoms with van der Waals surface area (Å²) in [7, 11) is -1.33. The van der Waals surface area contributed by atoms with Crippen LogP contribution in [0.1, 0.15) is 43.5 Å². The number of alkyl halides is 3. The second-order valence-electron chi connectivity index (χ2n) is 6.67. The van der Waals surface area contributed by atoms with Crippen molar-refractivity contribution in [3.8, 4) is 0 Å². The molecule has 0 N–H and O–H groups in total. The molecule has 2 nitrogen and oxygen atoms in total. The van der Waals surface area contributed by atoms with Crippen LogP contribution in [0.25, 0.3) is 0 Å². The highest BCUT2D eigenvalue weighted by atomic mass is 32.2. The van der Waals surface area contributed by atoms with E-state index in [0.717, 1.165) is 12.1 Å². The topological polar surface area (TPSA) is 30.0 Å². The number of aromatic nitrogens is 1. The van der Waals surface area contributed by atoms with E-state index in [9.17, 15) is 21.8 Å². The highest BCUT2D eigenvalue weighted by Crippen LogP contribution is 2.33. The van der Waals surface area contributed by atoms with Gasteiger partial charge in [0, 0.05) is 33.4 Å². The van der Waals surface area contributed by atoms with Gasteiger partial charge in [0.05, 0.1) is 11.3 Å². The van der Waals surface area contributed by atoms with Gasteiger partial charge >= 0.3 is 6.18 Å². The standard InChI is InChI=1S/C18H19F4NOS/c1-17(2,3)25(24)11-14(16-15(19)5-4-10-23-16)12-6-8-13(9-7-12)18(20,21)22/h4-10,14H,11H2,1-3H3/t14-,25+/m0/s1. The molecule has 0 saturated carbocycles. The van der Waals surface area contributed by atoms with Gasteiger partial charge in [0.1, 0.15) is 5.82 Å². The normalized spacial score (nSPS) is 15.0. The zero-order valence-corrected chi connectivity index (χ0v) is 14.9. The van der Waals surface area contributed by atoms with Crippen LogP contribution in [0.15, 0.2) is 42.6 Å². The maximum absolute atomic E-state index is 14.2. The molecule has 0 aliphatic heterocycles. The molecule has 136 valence electrons. The molecule has 1 heterocycles. The van der Waals surface area contributed by atoms with Crippen molar-refractivity contribution in [2.45, 2.75) is 37.6 Å². The quantitative estimate of drug-likeness (QED) is 0.712. The smallest absolute Gasteiger partial charge is 0.259 e. The largest absolute Gasteiger partial charge is 0.416 e. The number of halogens is 4. The first-order chi connectivity index (χ1) is 11.5. The Hall–Kier alpha value is -1.76. The fourth-order valence-electron chi connectivity index (χ4n) is 2.29. The van der Waals surface area contributed by atoms with E-state index >= 15 is 0 Å². The van der Waals surface area contributed by atoms with Crippen molar-refractivity contribution in [3.63, 3.8) is 0 Å². The van der Waals surface area contributed by atoms with Crippen LogP contribution in [-0.4, -0.2) is 19.7 Å². The minimum atomic E-state index is -4.45. The molecule has 1 aromatic carbocycles. The second kappa shape index (κ2) is 7.23. The van der Waals surface area contributed by atoms with Crippen LogP contribution in [0.3, 0.4) is 0 Å². The van der Waals surface area contributed by atoms with Crippen molar-refractivity contribution in [2.24, 2.45) is 0 Å². The summed E-state index contributed by atoms with van der Waals surface area (Å²) >= 11 is 0. The summed E-state index contributed by atoms with van der Waals surface area (Å²) in [5.41, 5.74) is -0.253. The molecule has 0 spiro atoms. The molecule has 2 atom stereocenters. The summed E-state index contributed by atoms with van der Waals surface area (Å²) in [5.74, 6) is -1.19. The molecular formula is C18H19F4NOS. The first-order valence-corrected chi connectivity index (χ1v) is 8.98. The highest BCUT2D eigenvalue weighted by Gasteiger charge is 2.31. The van der Waals surface area contributed by atoms with Crippen molar-refractivity contribution in [1.29, 1.82) is 0 Å². The molecule has 2 aromatic rings. The molecule has 0 aliphatic carbocycles. The molecule has 0 saturated heterocycles. The van der Waals surface area contributed by atoms with Crippen LogP contribution in [0.5, 0.6) is 0 Å². The van der Waals surface area contributed by atoms with Crippen molar-refractivity contribution in [3.05, 3.63) is 65.2 Å². The van der Waals surface area contributed by atoms with E-state index in [2.05, 4.69) is 4.98 Å². The van der Waals surface area contributed by atoms with E-state index in [-0.39, 0.29) is 11.4 Å². The van der Waals surface area contributed by atoms with Gasteiger partial charge in [-0.2, -0.15) is 13.2 Å². The average molecular weight is 373 g/mol. The minimum Gasteiger partial charge on any atom is -0.259 e. The Morgan fingerprint density at radius 2 is 1.68 bits per heavy atom. The lowest BCUT2D eigenvalue weighted by molar-refractivity contribution is -0.137. The molecule has 2 rings (SSSR count). The third kappa shape index (κ3) is 4.87. The van der Waals surface area contributed by atoms with Gasteiger partial charge in [0.2, 0.25) is 0 Å². The minimum absolute atomic E-state index is 0.0722. The Morgan fingerprint density at radius 3 is 2.16 bits per heavy atom. The molecular weight excluding hydrogens is 354 g/mol. The number of hydrogen-bond acceptors (Lipinski definition) is 2. The zero-order chi connectivity index (χ0) is 18.8. The lowest BCUT2D eigenvalue weighted by Gasteiger charge is -2.23. The molecule has 1 aromatic heterocycles. The van der Waals surface area contributed by atoms with Crippen LogP contribution in [0.4, 0.5) is 17.6 Å². The second-order valence-corrected chi connectivity index (χ2v) is 8.92. The monoisotopic (exact) mass is 373 g/mol. The van der Waals surface area contributed by atoms with Gasteiger partial charge in [-0.3, -0.25) is 9.19 Å². The number of rotatable bonds is 4. The van der Waals surface area contributed by atoms with E-state index in [1.54, 1.807) is 20.8 Å². The van der Waals surface area contributed by atoms with Crippen LogP contribution >= 0.6 is 0 Å². The van der Waals surface area contributed by atoms with Gasteiger partial charge < -0.3 is 0 Å². The molecule has 0 fully saturated rings. The Morgan fingerprint density at radius 1 is 1.08 bits per heavy atom. The molecule has 0 amide bonds. The van der Waals surface area contributed by atoms with Gasteiger partial charge in [0.15, 0.2) is 0 Å². The summed E-state index contributed by atoms with van der Waals surface area (Å²) in [6.45, 7) is 5.38. The summed E-state index contributed by atoms with van der Waals surface area (Å²) < 4.78 is 64.5. The van der Waals surface area contributed by atoms with E-state index in [0.29, 0.717) is 5.56 Å². The predicted molar refractivity (Wildman–Crippen MR) is 90.2 cm³/mol. The summed E-state index contributed by atoms with van der Waals surface area (Å²) in [5, 5.41) is 0. The van der Waals surface area contributed by atoms with Gasteiger partial charge in [-0.25, -0.2) is 4.39 Å². The number of benzene rings is 1. The van der Waals surface area contributed by atoms with Gasteiger partial charge in [-0.15, -0.1) is 0 Å². The molecule has 0 bridgehead atoms. The zero-order valence-electron chi connectivity index (χ0n) is 14.1. The Bertz CT molecular complexity index is 751. The van der Waals surface area contributed by atoms with Gasteiger partial charge in [-0.1, -0.05) is 12.1 Å². The summed E-state index contributed by atoms with van der Waals surface area (Å²) in [6.07, 6.45) is -3.03. The highest BCUT2D eigenvalue weighted by molar-refractivity contribution is 7.86.